The molecule has 0 unspecified atom stereocenters. The first-order valence-electron chi connectivity index (χ1n) is 8.48. The second-order valence-electron chi connectivity index (χ2n) is 6.60. The van der Waals surface area contributed by atoms with Gasteiger partial charge in [0.2, 0.25) is 0 Å². The van der Waals surface area contributed by atoms with Crippen LogP contribution < -0.4 is 0 Å². The first-order chi connectivity index (χ1) is 13.0. The highest BCUT2D eigenvalue weighted by molar-refractivity contribution is 7.71. The number of nitrogens with one attached hydrogen (secondary N) is 1. The van der Waals surface area contributed by atoms with E-state index < -0.39 is 34.8 Å². The summed E-state index contributed by atoms with van der Waals surface area (Å²) in [6, 6.07) is 4.05. The van der Waals surface area contributed by atoms with Gasteiger partial charge >= 0.3 is 0 Å². The highest BCUT2D eigenvalue weighted by atomic mass is 32.1. The maximum Gasteiger partial charge on any atom is 0.177 e. The molecule has 0 aliphatic carbocycles. The summed E-state index contributed by atoms with van der Waals surface area (Å²) in [4.78, 5) is 7.11. The van der Waals surface area contributed by atoms with Crippen molar-refractivity contribution in [2.45, 2.75) is 31.7 Å². The van der Waals surface area contributed by atoms with Crippen molar-refractivity contribution in [3.63, 3.8) is 0 Å². The maximum atomic E-state index is 14.2. The molecule has 0 spiro atoms. The number of aromatic amines is 1. The van der Waals surface area contributed by atoms with Crippen molar-refractivity contribution >= 4 is 12.2 Å². The molecule has 0 radical (unpaired) electrons. The predicted molar refractivity (Wildman–Crippen MR) is 94.0 cm³/mol. The standard InChI is InChI=1S/C19H15F4N3S/c20-12-8-13(21)18(23)16(17(12)22)11-7-15-14(25-19(27)26(15)9-11)2-1-10-3-5-24-6-4-10/h3-6,8,11H,1-2,7,9H2,(H,25,27)/t11-/m0/s1. The number of rotatable bonds is 4. The number of aromatic nitrogens is 3. The third-order valence-electron chi connectivity index (χ3n) is 4.99. The van der Waals surface area contributed by atoms with Gasteiger partial charge in [-0.2, -0.15) is 0 Å². The Hall–Kier alpha value is -2.48. The number of benzene rings is 1. The van der Waals surface area contributed by atoms with Crippen LogP contribution in [-0.4, -0.2) is 14.5 Å². The van der Waals surface area contributed by atoms with Gasteiger partial charge in [-0.25, -0.2) is 17.6 Å². The Balaban J connectivity index is 1.62. The molecule has 1 N–H and O–H groups in total. The smallest absolute Gasteiger partial charge is 0.177 e. The summed E-state index contributed by atoms with van der Waals surface area (Å²) in [7, 11) is 0. The van der Waals surface area contributed by atoms with Crippen molar-refractivity contribution < 1.29 is 17.6 Å². The molecule has 0 bridgehead atoms. The Morgan fingerprint density at radius 2 is 1.74 bits per heavy atom. The number of H-pyrrole nitrogens is 1. The van der Waals surface area contributed by atoms with Crippen LogP contribution in [-0.2, 0) is 25.8 Å². The molecule has 8 heteroatoms. The van der Waals surface area contributed by atoms with Gasteiger partial charge in [-0.3, -0.25) is 4.98 Å². The number of hydrogen-bond donors (Lipinski definition) is 1. The molecule has 0 saturated heterocycles. The second kappa shape index (κ2) is 6.92. The van der Waals surface area contributed by atoms with Crippen LogP contribution in [0.3, 0.4) is 0 Å². The fourth-order valence-electron chi connectivity index (χ4n) is 3.67. The van der Waals surface area contributed by atoms with Gasteiger partial charge in [0.05, 0.1) is 0 Å². The van der Waals surface area contributed by atoms with Crippen molar-refractivity contribution in [1.82, 2.24) is 14.5 Å². The van der Waals surface area contributed by atoms with E-state index in [0.29, 0.717) is 11.2 Å². The maximum absolute atomic E-state index is 14.2. The fraction of sp³-hybridized carbons (Fsp3) is 0.263. The highest BCUT2D eigenvalue weighted by Gasteiger charge is 2.33. The molecule has 4 rings (SSSR count). The number of nitrogens with zero attached hydrogens (tertiary/aromatic N) is 2. The van der Waals surface area contributed by atoms with E-state index >= 15 is 0 Å². The topological polar surface area (TPSA) is 33.6 Å². The van der Waals surface area contributed by atoms with Gasteiger partial charge in [-0.1, -0.05) is 0 Å². The van der Waals surface area contributed by atoms with E-state index in [1.54, 1.807) is 17.0 Å². The molecule has 0 amide bonds. The molecule has 3 heterocycles. The molecule has 3 aromatic rings. The van der Waals surface area contributed by atoms with E-state index in [9.17, 15) is 17.6 Å². The largest absolute Gasteiger partial charge is 0.334 e. The monoisotopic (exact) mass is 393 g/mol. The fourth-order valence-corrected chi connectivity index (χ4v) is 3.98. The molecule has 140 valence electrons. The molecule has 0 fully saturated rings. The molecule has 1 aliphatic heterocycles. The summed E-state index contributed by atoms with van der Waals surface area (Å²) in [5.41, 5.74) is 2.24. The molecule has 0 saturated carbocycles. The number of halogens is 4. The van der Waals surface area contributed by atoms with E-state index in [1.165, 1.54) is 0 Å². The summed E-state index contributed by atoms with van der Waals surface area (Å²) in [5, 5.41) is 0. The molecule has 27 heavy (non-hydrogen) atoms. The van der Waals surface area contributed by atoms with Crippen LogP contribution in [0.2, 0.25) is 0 Å². The number of pyridine rings is 1. The lowest BCUT2D eigenvalue weighted by Gasteiger charge is -2.13. The number of hydrogen-bond acceptors (Lipinski definition) is 2. The van der Waals surface area contributed by atoms with Gasteiger partial charge in [0.15, 0.2) is 28.0 Å². The van der Waals surface area contributed by atoms with Crippen LogP contribution in [0.4, 0.5) is 17.6 Å². The van der Waals surface area contributed by atoms with Gasteiger partial charge in [0.25, 0.3) is 0 Å². The average Bonchev–Trinajstić information content (AvgIpc) is 3.20. The number of aryl methyl sites for hydroxylation is 2. The van der Waals surface area contributed by atoms with Crippen molar-refractivity contribution in [3.8, 4) is 0 Å². The number of fused-ring (bicyclic) bond motifs is 1. The normalized spacial score (nSPS) is 15.9. The third-order valence-corrected chi connectivity index (χ3v) is 5.31. The Bertz CT molecular complexity index is 1030. The van der Waals surface area contributed by atoms with Crippen LogP contribution in [0.15, 0.2) is 30.6 Å². The van der Waals surface area contributed by atoms with Crippen LogP contribution in [0.1, 0.15) is 28.4 Å². The van der Waals surface area contributed by atoms with E-state index in [2.05, 4.69) is 9.97 Å². The molecule has 1 aliphatic rings. The van der Waals surface area contributed by atoms with Crippen LogP contribution >= 0.6 is 12.2 Å². The summed E-state index contributed by atoms with van der Waals surface area (Å²) in [6.45, 7) is 0.177. The lowest BCUT2D eigenvalue weighted by Crippen LogP contribution is -2.10. The average molecular weight is 393 g/mol. The minimum absolute atomic E-state index is 0.177. The molecule has 2 aromatic heterocycles. The third kappa shape index (κ3) is 3.18. The van der Waals surface area contributed by atoms with Crippen molar-refractivity contribution in [1.29, 1.82) is 0 Å². The van der Waals surface area contributed by atoms with Crippen LogP contribution in [0.5, 0.6) is 0 Å². The minimum Gasteiger partial charge on any atom is -0.334 e. The van der Waals surface area contributed by atoms with Gasteiger partial charge in [-0.15, -0.1) is 0 Å². The Kier molecular flexibility index (Phi) is 4.59. The second-order valence-corrected chi connectivity index (χ2v) is 6.99. The first-order valence-corrected chi connectivity index (χ1v) is 8.89. The Morgan fingerprint density at radius 1 is 1.07 bits per heavy atom. The van der Waals surface area contributed by atoms with Crippen LogP contribution in [0.25, 0.3) is 0 Å². The Morgan fingerprint density at radius 3 is 2.41 bits per heavy atom. The van der Waals surface area contributed by atoms with E-state index in [1.807, 2.05) is 12.1 Å². The zero-order valence-corrected chi connectivity index (χ0v) is 14.9. The quantitative estimate of drug-likeness (QED) is 0.399. The van der Waals surface area contributed by atoms with E-state index in [0.717, 1.165) is 23.4 Å². The van der Waals surface area contributed by atoms with Gasteiger partial charge in [-0.05, 0) is 49.2 Å². The molecular weight excluding hydrogens is 378 g/mol. The number of imidazole rings is 1. The lowest BCUT2D eigenvalue weighted by molar-refractivity contribution is 0.423. The summed E-state index contributed by atoms with van der Waals surface area (Å²) < 4.78 is 57.7. The molecule has 1 aromatic carbocycles. The van der Waals surface area contributed by atoms with Gasteiger partial charge in [0, 0.05) is 47.9 Å². The zero-order valence-electron chi connectivity index (χ0n) is 14.1. The summed E-state index contributed by atoms with van der Waals surface area (Å²) in [6.07, 6.45) is 5.08. The minimum atomic E-state index is -1.39. The van der Waals surface area contributed by atoms with Crippen molar-refractivity contribution in [3.05, 3.63) is 81.1 Å². The van der Waals surface area contributed by atoms with Gasteiger partial charge < -0.3 is 9.55 Å². The first kappa shape index (κ1) is 17.9. The Labute approximate surface area is 157 Å². The van der Waals surface area contributed by atoms with Crippen molar-refractivity contribution in [2.24, 2.45) is 0 Å². The van der Waals surface area contributed by atoms with E-state index in [4.69, 9.17) is 12.2 Å². The molecule has 3 nitrogen and oxygen atoms in total. The lowest BCUT2D eigenvalue weighted by atomic mass is 9.94. The zero-order chi connectivity index (χ0) is 19.1. The predicted octanol–water partition coefficient (Wildman–Crippen LogP) is 4.62. The molecular formula is C19H15F4N3S. The summed E-state index contributed by atoms with van der Waals surface area (Å²) in [5.74, 6) is -6.15. The SMILES string of the molecule is Fc1cc(F)c(F)c([C@H]2Cc3c(CCc4ccncc4)[nH]c(=S)n3C2)c1F. The van der Waals surface area contributed by atoms with Gasteiger partial charge in [0.1, 0.15) is 0 Å². The van der Waals surface area contributed by atoms with Crippen molar-refractivity contribution in [2.75, 3.05) is 0 Å². The van der Waals surface area contributed by atoms with Crippen LogP contribution in [0, 0.1) is 28.0 Å². The summed E-state index contributed by atoms with van der Waals surface area (Å²) >= 11 is 5.31. The highest BCUT2D eigenvalue weighted by Crippen LogP contribution is 2.36. The van der Waals surface area contributed by atoms with E-state index in [-0.39, 0.29) is 19.0 Å². The molecule has 1 atom stereocenters.